The minimum absolute atomic E-state index is 0.0475. The van der Waals surface area contributed by atoms with E-state index in [1.807, 2.05) is 0 Å². The lowest BCUT2D eigenvalue weighted by Crippen LogP contribution is -2.25. The van der Waals surface area contributed by atoms with Gasteiger partial charge in [-0.25, -0.2) is 13.1 Å². The van der Waals surface area contributed by atoms with Gasteiger partial charge >= 0.3 is 0 Å². The zero-order valence-corrected chi connectivity index (χ0v) is 12.0. The Kier molecular flexibility index (Phi) is 4.42. The smallest absolute Gasteiger partial charge is 0.240 e. The summed E-state index contributed by atoms with van der Waals surface area (Å²) in [6.07, 6.45) is 1.14. The predicted octanol–water partition coefficient (Wildman–Crippen LogP) is 0.793. The number of nitrogens with one attached hydrogen (secondary N) is 2. The molecule has 3 N–H and O–H groups in total. The summed E-state index contributed by atoms with van der Waals surface area (Å²) in [6, 6.07) is 4.62. The van der Waals surface area contributed by atoms with E-state index < -0.39 is 10.0 Å². The molecule has 0 bridgehead atoms. The minimum atomic E-state index is -3.57. The van der Waals surface area contributed by atoms with E-state index in [9.17, 15) is 13.2 Å². The molecule has 7 heteroatoms. The summed E-state index contributed by atoms with van der Waals surface area (Å²) in [6.45, 7) is 2.07. The SMILES string of the molecule is CC1C(=O)Nc2ccc(S(=O)(=O)NCCCCO)cc21. The van der Waals surface area contributed by atoms with Crippen LogP contribution in [0.4, 0.5) is 5.69 Å². The lowest BCUT2D eigenvalue weighted by atomic mass is 10.0. The highest BCUT2D eigenvalue weighted by atomic mass is 32.2. The van der Waals surface area contributed by atoms with Crippen molar-refractivity contribution >= 4 is 21.6 Å². The van der Waals surface area contributed by atoms with Crippen LogP contribution in [-0.2, 0) is 14.8 Å². The van der Waals surface area contributed by atoms with Crippen LogP contribution in [0, 0.1) is 0 Å². The second-order valence-electron chi connectivity index (χ2n) is 4.79. The van der Waals surface area contributed by atoms with Crippen molar-refractivity contribution in [1.82, 2.24) is 4.72 Å². The van der Waals surface area contributed by atoms with Crippen LogP contribution in [0.3, 0.4) is 0 Å². The first-order chi connectivity index (χ1) is 9.45. The molecule has 1 unspecified atom stereocenters. The Bertz CT molecular complexity index is 613. The molecular formula is C13H18N2O4S. The van der Waals surface area contributed by atoms with Gasteiger partial charge in [-0.1, -0.05) is 0 Å². The van der Waals surface area contributed by atoms with Gasteiger partial charge in [0.15, 0.2) is 0 Å². The second kappa shape index (κ2) is 5.90. The monoisotopic (exact) mass is 298 g/mol. The number of aliphatic hydroxyl groups excluding tert-OH is 1. The van der Waals surface area contributed by atoms with Gasteiger partial charge in [-0.15, -0.1) is 0 Å². The highest BCUT2D eigenvalue weighted by molar-refractivity contribution is 7.89. The maximum Gasteiger partial charge on any atom is 0.240 e. The Hall–Kier alpha value is -1.44. The standard InChI is InChI=1S/C13H18N2O4S/c1-9-11-8-10(4-5-12(11)15-13(9)17)20(18,19)14-6-2-3-7-16/h4-5,8-9,14,16H,2-3,6-7H2,1H3,(H,15,17). The molecule has 1 aromatic rings. The van der Waals surface area contributed by atoms with Crippen molar-refractivity contribution in [3.05, 3.63) is 23.8 Å². The molecule has 1 aliphatic heterocycles. The average Bonchev–Trinajstić information content (AvgIpc) is 2.70. The van der Waals surface area contributed by atoms with Crippen LogP contribution in [0.25, 0.3) is 0 Å². The van der Waals surface area contributed by atoms with Crippen molar-refractivity contribution in [2.24, 2.45) is 0 Å². The molecule has 1 amide bonds. The van der Waals surface area contributed by atoms with Crippen LogP contribution in [0.2, 0.25) is 0 Å². The maximum absolute atomic E-state index is 12.1. The number of anilines is 1. The molecule has 20 heavy (non-hydrogen) atoms. The summed E-state index contributed by atoms with van der Waals surface area (Å²) in [7, 11) is -3.57. The molecule has 1 heterocycles. The topological polar surface area (TPSA) is 95.5 Å². The first-order valence-corrected chi connectivity index (χ1v) is 7.99. The minimum Gasteiger partial charge on any atom is -0.396 e. The zero-order valence-electron chi connectivity index (χ0n) is 11.2. The third kappa shape index (κ3) is 3.00. The Labute approximate surface area is 118 Å². The fourth-order valence-corrected chi connectivity index (χ4v) is 3.20. The molecule has 0 saturated heterocycles. The molecule has 6 nitrogen and oxygen atoms in total. The lowest BCUT2D eigenvalue weighted by molar-refractivity contribution is -0.116. The number of unbranched alkanes of at least 4 members (excludes halogenated alkanes) is 1. The van der Waals surface area contributed by atoms with Crippen LogP contribution in [0.15, 0.2) is 23.1 Å². The summed E-state index contributed by atoms with van der Waals surface area (Å²) in [5.74, 6) is -0.458. The highest BCUT2D eigenvalue weighted by Crippen LogP contribution is 2.33. The van der Waals surface area contributed by atoms with Crippen molar-refractivity contribution in [1.29, 1.82) is 0 Å². The fourth-order valence-electron chi connectivity index (χ4n) is 2.09. The van der Waals surface area contributed by atoms with E-state index in [1.54, 1.807) is 13.0 Å². The quantitative estimate of drug-likeness (QED) is 0.677. The number of amides is 1. The number of aliphatic hydroxyl groups is 1. The van der Waals surface area contributed by atoms with Gasteiger partial charge in [0.25, 0.3) is 0 Å². The summed E-state index contributed by atoms with van der Waals surface area (Å²) in [4.78, 5) is 11.7. The molecule has 1 aliphatic rings. The van der Waals surface area contributed by atoms with Crippen molar-refractivity contribution in [2.45, 2.75) is 30.6 Å². The average molecular weight is 298 g/mol. The largest absolute Gasteiger partial charge is 0.396 e. The van der Waals surface area contributed by atoms with Crippen LogP contribution in [-0.4, -0.2) is 32.6 Å². The van der Waals surface area contributed by atoms with E-state index >= 15 is 0 Å². The summed E-state index contributed by atoms with van der Waals surface area (Å²) < 4.78 is 26.7. The third-order valence-corrected chi connectivity index (χ3v) is 4.79. The van der Waals surface area contributed by atoms with Crippen LogP contribution in [0.1, 0.15) is 31.2 Å². The van der Waals surface area contributed by atoms with Crippen molar-refractivity contribution < 1.29 is 18.3 Å². The molecule has 0 aliphatic carbocycles. The van der Waals surface area contributed by atoms with E-state index in [0.29, 0.717) is 24.1 Å². The molecule has 0 fully saturated rings. The van der Waals surface area contributed by atoms with Gasteiger partial charge in [-0.2, -0.15) is 0 Å². The Balaban J connectivity index is 2.16. The van der Waals surface area contributed by atoms with Crippen LogP contribution < -0.4 is 10.0 Å². The van der Waals surface area contributed by atoms with Gasteiger partial charge in [0.05, 0.1) is 10.8 Å². The molecule has 2 rings (SSSR count). The molecule has 1 aromatic carbocycles. The lowest BCUT2D eigenvalue weighted by Gasteiger charge is -2.08. The number of hydrogen-bond donors (Lipinski definition) is 3. The van der Waals surface area contributed by atoms with Gasteiger partial charge in [-0.05, 0) is 43.5 Å². The molecule has 0 radical (unpaired) electrons. The Morgan fingerprint density at radius 3 is 2.80 bits per heavy atom. The number of hydrogen-bond acceptors (Lipinski definition) is 4. The molecule has 0 saturated carbocycles. The molecular weight excluding hydrogens is 280 g/mol. The Morgan fingerprint density at radius 1 is 1.35 bits per heavy atom. The summed E-state index contributed by atoms with van der Waals surface area (Å²) in [5.41, 5.74) is 1.37. The summed E-state index contributed by atoms with van der Waals surface area (Å²) in [5, 5.41) is 11.4. The molecule has 0 spiro atoms. The van der Waals surface area contributed by atoms with Crippen molar-refractivity contribution in [3.8, 4) is 0 Å². The number of rotatable bonds is 6. The summed E-state index contributed by atoms with van der Waals surface area (Å²) >= 11 is 0. The fraction of sp³-hybridized carbons (Fsp3) is 0.462. The van der Waals surface area contributed by atoms with Gasteiger partial charge in [0.1, 0.15) is 0 Å². The van der Waals surface area contributed by atoms with Gasteiger partial charge in [-0.3, -0.25) is 4.79 Å². The van der Waals surface area contributed by atoms with E-state index in [-0.39, 0.29) is 29.9 Å². The third-order valence-electron chi connectivity index (χ3n) is 3.33. The zero-order chi connectivity index (χ0) is 14.8. The number of sulfonamides is 1. The van der Waals surface area contributed by atoms with Gasteiger partial charge in [0.2, 0.25) is 15.9 Å². The van der Waals surface area contributed by atoms with Gasteiger partial charge in [0, 0.05) is 18.8 Å². The van der Waals surface area contributed by atoms with Crippen molar-refractivity contribution in [3.63, 3.8) is 0 Å². The Morgan fingerprint density at radius 2 is 2.10 bits per heavy atom. The van der Waals surface area contributed by atoms with E-state index in [4.69, 9.17) is 5.11 Å². The first-order valence-electron chi connectivity index (χ1n) is 6.51. The number of carbonyl (C=O) groups excluding carboxylic acids is 1. The predicted molar refractivity (Wildman–Crippen MR) is 75.0 cm³/mol. The second-order valence-corrected chi connectivity index (χ2v) is 6.56. The van der Waals surface area contributed by atoms with E-state index in [1.165, 1.54) is 12.1 Å². The molecule has 110 valence electrons. The van der Waals surface area contributed by atoms with Crippen molar-refractivity contribution in [2.75, 3.05) is 18.5 Å². The maximum atomic E-state index is 12.1. The molecule has 1 atom stereocenters. The van der Waals surface area contributed by atoms with E-state index in [0.717, 1.165) is 0 Å². The van der Waals surface area contributed by atoms with Crippen LogP contribution >= 0.6 is 0 Å². The number of fused-ring (bicyclic) bond motifs is 1. The number of carbonyl (C=O) groups is 1. The van der Waals surface area contributed by atoms with Gasteiger partial charge < -0.3 is 10.4 Å². The normalized spacial score (nSPS) is 17.9. The first kappa shape index (κ1) is 15.0. The van der Waals surface area contributed by atoms with Crippen LogP contribution in [0.5, 0.6) is 0 Å². The molecule has 0 aromatic heterocycles. The highest BCUT2D eigenvalue weighted by Gasteiger charge is 2.28. The number of benzene rings is 1. The van der Waals surface area contributed by atoms with E-state index in [2.05, 4.69) is 10.0 Å².